The molecule has 4 rings (SSSR count). The first kappa shape index (κ1) is 18.8. The maximum Gasteiger partial charge on any atom is 0.289 e. The summed E-state index contributed by atoms with van der Waals surface area (Å²) in [6.45, 7) is 3.73. The van der Waals surface area contributed by atoms with Crippen LogP contribution in [0.2, 0.25) is 0 Å². The number of rotatable bonds is 4. The predicted octanol–water partition coefficient (Wildman–Crippen LogP) is 2.38. The van der Waals surface area contributed by atoms with Crippen molar-refractivity contribution in [3.8, 4) is 11.4 Å². The first-order chi connectivity index (χ1) is 14.1. The molecule has 0 bridgehead atoms. The van der Waals surface area contributed by atoms with E-state index in [4.69, 9.17) is 9.15 Å². The van der Waals surface area contributed by atoms with Crippen LogP contribution in [0.4, 0.5) is 0 Å². The number of ether oxygens (including phenoxy) is 1. The van der Waals surface area contributed by atoms with Gasteiger partial charge in [-0.15, -0.1) is 0 Å². The van der Waals surface area contributed by atoms with Crippen molar-refractivity contribution >= 4 is 11.8 Å². The van der Waals surface area contributed by atoms with Crippen LogP contribution in [0.5, 0.6) is 5.75 Å². The minimum Gasteiger partial charge on any atom is -0.497 e. The van der Waals surface area contributed by atoms with E-state index in [1.54, 1.807) is 39.8 Å². The predicted molar refractivity (Wildman–Crippen MR) is 105 cm³/mol. The van der Waals surface area contributed by atoms with Gasteiger partial charge in [-0.25, -0.2) is 4.68 Å². The standard InChI is InChI=1S/C21H22N4O4/c1-15-13-18(22-25(15)16-5-3-6-17(14-16)28-2)20(26)23-8-10-24(11-9-23)21(27)19-7-4-12-29-19/h3-7,12-14H,8-11H2,1-2H3. The molecule has 0 spiro atoms. The fraction of sp³-hybridized carbons (Fsp3) is 0.286. The molecule has 0 saturated carbocycles. The number of hydrogen-bond acceptors (Lipinski definition) is 5. The second-order valence-corrected chi connectivity index (χ2v) is 6.85. The molecule has 3 aromatic rings. The van der Waals surface area contributed by atoms with Gasteiger partial charge in [0.2, 0.25) is 0 Å². The average Bonchev–Trinajstić information content (AvgIpc) is 3.43. The van der Waals surface area contributed by atoms with Gasteiger partial charge in [-0.2, -0.15) is 5.10 Å². The number of aryl methyl sites for hydroxylation is 1. The number of hydrogen-bond donors (Lipinski definition) is 0. The highest BCUT2D eigenvalue weighted by Gasteiger charge is 2.28. The van der Waals surface area contributed by atoms with Crippen molar-refractivity contribution in [2.24, 2.45) is 0 Å². The second kappa shape index (κ2) is 7.83. The third-order valence-corrected chi connectivity index (χ3v) is 4.99. The molecule has 3 heterocycles. The minimum atomic E-state index is -0.153. The van der Waals surface area contributed by atoms with Crippen LogP contribution in [0.25, 0.3) is 5.69 Å². The average molecular weight is 394 g/mol. The van der Waals surface area contributed by atoms with Gasteiger partial charge in [-0.05, 0) is 37.3 Å². The van der Waals surface area contributed by atoms with Gasteiger partial charge in [-0.3, -0.25) is 9.59 Å². The first-order valence-corrected chi connectivity index (χ1v) is 9.40. The normalized spacial score (nSPS) is 14.1. The lowest BCUT2D eigenvalue weighted by Crippen LogP contribution is -2.50. The van der Waals surface area contributed by atoms with Crippen molar-refractivity contribution in [3.63, 3.8) is 0 Å². The molecule has 2 aromatic heterocycles. The molecule has 1 aromatic carbocycles. The third-order valence-electron chi connectivity index (χ3n) is 4.99. The van der Waals surface area contributed by atoms with Crippen LogP contribution in [0.1, 0.15) is 26.7 Å². The number of carbonyl (C=O) groups excluding carboxylic acids is 2. The number of carbonyl (C=O) groups is 2. The highest BCUT2D eigenvalue weighted by atomic mass is 16.5. The molecule has 1 fully saturated rings. The fourth-order valence-electron chi connectivity index (χ4n) is 3.41. The third kappa shape index (κ3) is 3.73. The maximum atomic E-state index is 12.9. The molecule has 0 aliphatic carbocycles. The molecule has 2 amide bonds. The molecule has 8 heteroatoms. The van der Waals surface area contributed by atoms with Crippen molar-refractivity contribution < 1.29 is 18.7 Å². The number of benzene rings is 1. The quantitative estimate of drug-likeness (QED) is 0.679. The van der Waals surface area contributed by atoms with E-state index in [1.165, 1.54) is 6.26 Å². The molecule has 150 valence electrons. The Morgan fingerprint density at radius 1 is 1.00 bits per heavy atom. The van der Waals surface area contributed by atoms with Gasteiger partial charge in [-0.1, -0.05) is 6.07 Å². The lowest BCUT2D eigenvalue weighted by atomic mass is 10.2. The van der Waals surface area contributed by atoms with Crippen LogP contribution < -0.4 is 4.74 Å². The summed E-state index contributed by atoms with van der Waals surface area (Å²) in [6.07, 6.45) is 1.48. The Morgan fingerprint density at radius 3 is 2.38 bits per heavy atom. The molecule has 0 unspecified atom stereocenters. The van der Waals surface area contributed by atoms with Gasteiger partial charge >= 0.3 is 0 Å². The zero-order chi connectivity index (χ0) is 20.4. The molecular formula is C21H22N4O4. The number of piperazine rings is 1. The van der Waals surface area contributed by atoms with Crippen LogP contribution >= 0.6 is 0 Å². The highest BCUT2D eigenvalue weighted by Crippen LogP contribution is 2.19. The summed E-state index contributed by atoms with van der Waals surface area (Å²) in [5.41, 5.74) is 2.07. The van der Waals surface area contributed by atoms with Crippen molar-refractivity contribution in [1.82, 2.24) is 19.6 Å². The van der Waals surface area contributed by atoms with Gasteiger partial charge < -0.3 is 19.0 Å². The Bertz CT molecular complexity index is 1020. The van der Waals surface area contributed by atoms with Gasteiger partial charge in [0, 0.05) is 37.9 Å². The molecule has 0 radical (unpaired) electrons. The van der Waals surface area contributed by atoms with Crippen LogP contribution in [-0.2, 0) is 0 Å². The molecule has 1 saturated heterocycles. The van der Waals surface area contributed by atoms with E-state index < -0.39 is 0 Å². The Morgan fingerprint density at radius 2 is 1.72 bits per heavy atom. The summed E-state index contributed by atoms with van der Waals surface area (Å²) in [7, 11) is 1.61. The van der Waals surface area contributed by atoms with E-state index in [2.05, 4.69) is 5.10 Å². The van der Waals surface area contributed by atoms with Crippen LogP contribution in [0.3, 0.4) is 0 Å². The van der Waals surface area contributed by atoms with E-state index in [0.717, 1.165) is 17.1 Å². The van der Waals surface area contributed by atoms with Gasteiger partial charge in [0.15, 0.2) is 11.5 Å². The van der Waals surface area contributed by atoms with Gasteiger partial charge in [0.25, 0.3) is 11.8 Å². The van der Waals surface area contributed by atoms with Crippen molar-refractivity contribution in [2.45, 2.75) is 6.92 Å². The number of amides is 2. The molecule has 1 aliphatic heterocycles. The van der Waals surface area contributed by atoms with Crippen LogP contribution in [0.15, 0.2) is 53.1 Å². The van der Waals surface area contributed by atoms with E-state index in [-0.39, 0.29) is 11.8 Å². The Hall–Kier alpha value is -3.55. The van der Waals surface area contributed by atoms with Gasteiger partial charge in [0.1, 0.15) is 5.75 Å². The van der Waals surface area contributed by atoms with E-state index in [0.29, 0.717) is 37.6 Å². The smallest absolute Gasteiger partial charge is 0.289 e. The maximum absolute atomic E-state index is 12.9. The summed E-state index contributed by atoms with van der Waals surface area (Å²) in [5.74, 6) is 0.750. The summed E-state index contributed by atoms with van der Waals surface area (Å²) >= 11 is 0. The topological polar surface area (TPSA) is 80.8 Å². The molecular weight excluding hydrogens is 372 g/mol. The zero-order valence-electron chi connectivity index (χ0n) is 16.4. The van der Waals surface area contributed by atoms with Crippen molar-refractivity contribution in [1.29, 1.82) is 0 Å². The highest BCUT2D eigenvalue weighted by molar-refractivity contribution is 5.93. The second-order valence-electron chi connectivity index (χ2n) is 6.85. The van der Waals surface area contributed by atoms with Gasteiger partial charge in [0.05, 0.1) is 19.1 Å². The van der Waals surface area contributed by atoms with Crippen molar-refractivity contribution in [2.75, 3.05) is 33.3 Å². The number of aromatic nitrogens is 2. The largest absolute Gasteiger partial charge is 0.497 e. The summed E-state index contributed by atoms with van der Waals surface area (Å²) < 4.78 is 12.2. The molecule has 0 atom stereocenters. The van der Waals surface area contributed by atoms with E-state index in [1.807, 2.05) is 31.2 Å². The van der Waals surface area contributed by atoms with Crippen molar-refractivity contribution in [3.05, 3.63) is 65.9 Å². The van der Waals surface area contributed by atoms with Crippen LogP contribution in [0, 0.1) is 6.92 Å². The summed E-state index contributed by atoms with van der Waals surface area (Å²) in [6, 6.07) is 12.6. The van der Waals surface area contributed by atoms with E-state index in [9.17, 15) is 9.59 Å². The Balaban J connectivity index is 1.45. The molecule has 8 nitrogen and oxygen atoms in total. The summed E-state index contributed by atoms with van der Waals surface area (Å²) in [4.78, 5) is 28.7. The molecule has 1 aliphatic rings. The lowest BCUT2D eigenvalue weighted by Gasteiger charge is -2.33. The van der Waals surface area contributed by atoms with E-state index >= 15 is 0 Å². The lowest BCUT2D eigenvalue weighted by molar-refractivity contribution is 0.0515. The zero-order valence-corrected chi connectivity index (χ0v) is 16.4. The molecule has 29 heavy (non-hydrogen) atoms. The van der Waals surface area contributed by atoms with Crippen LogP contribution in [-0.4, -0.2) is 64.7 Å². The minimum absolute atomic E-state index is 0.139. The fourth-order valence-corrected chi connectivity index (χ4v) is 3.41. The Kier molecular flexibility index (Phi) is 5.07. The molecule has 0 N–H and O–H groups in total. The monoisotopic (exact) mass is 394 g/mol. The number of furan rings is 1. The SMILES string of the molecule is COc1cccc(-n2nc(C(=O)N3CCN(C(=O)c4ccco4)CC3)cc2C)c1. The summed E-state index contributed by atoms with van der Waals surface area (Å²) in [5, 5.41) is 4.50. The Labute approximate surface area is 168 Å². The first-order valence-electron chi connectivity index (χ1n) is 9.40. The number of nitrogens with zero attached hydrogens (tertiary/aromatic N) is 4. The number of methoxy groups -OCH3 is 1.